The van der Waals surface area contributed by atoms with Crippen LogP contribution in [0.1, 0.15) is 23.2 Å². The Bertz CT molecular complexity index is 963. The molecule has 2 N–H and O–H groups in total. The molecule has 0 amide bonds. The van der Waals surface area contributed by atoms with Gasteiger partial charge in [0, 0.05) is 29.7 Å². The second-order valence-electron chi connectivity index (χ2n) is 5.63. The molecular weight excluding hydrogens is 320 g/mol. The maximum absolute atomic E-state index is 12.5. The standard InChI is InChI=1S/C17H16N6O2/c1-11-8-14(24)23-15(12-4-2-6-18-9-12)21-16(22-17(23)20-11)19-10-13-5-3-7-25-13/h2-9,15H,10H2,1H3,(H2,19,20,21,22)/t15-/m0/s1. The molecule has 25 heavy (non-hydrogen) atoms. The molecule has 1 atom stereocenters. The minimum absolute atomic E-state index is 0.151. The largest absolute Gasteiger partial charge is 0.467 e. The average Bonchev–Trinajstić information content (AvgIpc) is 3.13. The second-order valence-corrected chi connectivity index (χ2v) is 5.63. The first-order valence-electron chi connectivity index (χ1n) is 7.81. The van der Waals surface area contributed by atoms with Crippen LogP contribution in [0.25, 0.3) is 0 Å². The number of aryl methyl sites for hydroxylation is 1. The lowest BCUT2D eigenvalue weighted by Gasteiger charge is -2.30. The van der Waals surface area contributed by atoms with Crippen molar-refractivity contribution in [2.75, 3.05) is 5.32 Å². The summed E-state index contributed by atoms with van der Waals surface area (Å²) in [6, 6.07) is 8.89. The SMILES string of the molecule is Cc1cc(=O)n2c(n1)NC(=NCc1ccco1)N[C@@H]2c1cccnc1. The van der Waals surface area contributed by atoms with Crippen molar-refractivity contribution in [1.29, 1.82) is 0 Å². The Kier molecular flexibility index (Phi) is 3.77. The van der Waals surface area contributed by atoms with Gasteiger partial charge in [-0.3, -0.25) is 19.7 Å². The summed E-state index contributed by atoms with van der Waals surface area (Å²) < 4.78 is 6.85. The lowest BCUT2D eigenvalue weighted by Crippen LogP contribution is -2.48. The third-order valence-corrected chi connectivity index (χ3v) is 3.82. The van der Waals surface area contributed by atoms with Crippen LogP contribution in [0.5, 0.6) is 0 Å². The van der Waals surface area contributed by atoms with Gasteiger partial charge in [0.05, 0.1) is 6.26 Å². The van der Waals surface area contributed by atoms with Gasteiger partial charge in [0.15, 0.2) is 5.96 Å². The van der Waals surface area contributed by atoms with Crippen LogP contribution in [0.3, 0.4) is 0 Å². The Morgan fingerprint density at radius 3 is 3.04 bits per heavy atom. The molecule has 4 rings (SSSR count). The summed E-state index contributed by atoms with van der Waals surface area (Å²) in [5.74, 6) is 1.70. The number of rotatable bonds is 3. The first-order valence-corrected chi connectivity index (χ1v) is 7.81. The van der Waals surface area contributed by atoms with E-state index < -0.39 is 6.17 Å². The number of nitrogens with zero attached hydrogens (tertiary/aromatic N) is 4. The molecule has 0 aromatic carbocycles. The van der Waals surface area contributed by atoms with E-state index >= 15 is 0 Å². The van der Waals surface area contributed by atoms with Crippen LogP contribution in [0.15, 0.2) is 63.2 Å². The van der Waals surface area contributed by atoms with Gasteiger partial charge in [-0.05, 0) is 25.1 Å². The Labute approximate surface area is 143 Å². The molecule has 0 unspecified atom stereocenters. The van der Waals surface area contributed by atoms with Gasteiger partial charge in [-0.1, -0.05) is 6.07 Å². The molecule has 0 aliphatic carbocycles. The molecule has 4 heterocycles. The zero-order valence-electron chi connectivity index (χ0n) is 13.5. The van der Waals surface area contributed by atoms with Crippen LogP contribution in [-0.4, -0.2) is 20.5 Å². The number of fused-ring (bicyclic) bond motifs is 1. The molecule has 8 heteroatoms. The van der Waals surface area contributed by atoms with Gasteiger partial charge in [-0.25, -0.2) is 9.98 Å². The van der Waals surface area contributed by atoms with Gasteiger partial charge in [-0.15, -0.1) is 0 Å². The van der Waals surface area contributed by atoms with Crippen molar-refractivity contribution in [2.24, 2.45) is 4.99 Å². The maximum atomic E-state index is 12.5. The van der Waals surface area contributed by atoms with Gasteiger partial charge in [0.25, 0.3) is 5.56 Å². The number of aliphatic imine (C=N–C) groups is 1. The van der Waals surface area contributed by atoms with Gasteiger partial charge in [0.1, 0.15) is 18.5 Å². The lowest BCUT2D eigenvalue weighted by atomic mass is 10.2. The Morgan fingerprint density at radius 1 is 1.36 bits per heavy atom. The summed E-state index contributed by atoms with van der Waals surface area (Å²) in [5, 5.41) is 6.30. The molecule has 0 radical (unpaired) electrons. The van der Waals surface area contributed by atoms with Crippen molar-refractivity contribution in [3.8, 4) is 0 Å². The van der Waals surface area contributed by atoms with Crippen LogP contribution < -0.4 is 16.2 Å². The summed E-state index contributed by atoms with van der Waals surface area (Å²) in [7, 11) is 0. The number of anilines is 1. The van der Waals surface area contributed by atoms with Crippen molar-refractivity contribution in [2.45, 2.75) is 19.6 Å². The van der Waals surface area contributed by atoms with E-state index in [-0.39, 0.29) is 5.56 Å². The van der Waals surface area contributed by atoms with Gasteiger partial charge >= 0.3 is 0 Å². The highest BCUT2D eigenvalue weighted by Crippen LogP contribution is 2.20. The molecule has 1 aliphatic rings. The Morgan fingerprint density at radius 2 is 2.28 bits per heavy atom. The number of nitrogens with one attached hydrogen (secondary N) is 2. The van der Waals surface area contributed by atoms with Crippen molar-refractivity contribution >= 4 is 11.9 Å². The first kappa shape index (κ1) is 15.1. The number of hydrogen-bond donors (Lipinski definition) is 2. The van der Waals surface area contributed by atoms with Crippen LogP contribution in [0.4, 0.5) is 5.95 Å². The fourth-order valence-corrected chi connectivity index (χ4v) is 2.69. The summed E-state index contributed by atoms with van der Waals surface area (Å²) >= 11 is 0. The quantitative estimate of drug-likeness (QED) is 0.755. The average molecular weight is 336 g/mol. The predicted octanol–water partition coefficient (Wildman–Crippen LogP) is 1.66. The monoisotopic (exact) mass is 336 g/mol. The molecular formula is C17H16N6O2. The molecule has 0 saturated heterocycles. The third-order valence-electron chi connectivity index (χ3n) is 3.82. The minimum atomic E-state index is -0.444. The lowest BCUT2D eigenvalue weighted by molar-refractivity contribution is 0.502. The Balaban J connectivity index is 1.75. The molecule has 0 saturated carbocycles. The Hall–Kier alpha value is -3.42. The summed E-state index contributed by atoms with van der Waals surface area (Å²) in [5.41, 5.74) is 1.33. The molecule has 8 nitrogen and oxygen atoms in total. The highest BCUT2D eigenvalue weighted by Gasteiger charge is 2.26. The van der Waals surface area contributed by atoms with E-state index in [4.69, 9.17) is 4.42 Å². The molecule has 0 bridgehead atoms. The van der Waals surface area contributed by atoms with Crippen LogP contribution >= 0.6 is 0 Å². The van der Waals surface area contributed by atoms with Crippen LogP contribution in [0, 0.1) is 6.92 Å². The highest BCUT2D eigenvalue weighted by molar-refractivity contribution is 5.93. The van der Waals surface area contributed by atoms with E-state index in [0.717, 1.165) is 11.3 Å². The molecule has 0 fully saturated rings. The van der Waals surface area contributed by atoms with Crippen molar-refractivity contribution in [3.63, 3.8) is 0 Å². The normalized spacial score (nSPS) is 17.6. The molecule has 0 spiro atoms. The zero-order valence-corrected chi connectivity index (χ0v) is 13.5. The van der Waals surface area contributed by atoms with E-state index in [2.05, 4.69) is 25.6 Å². The number of pyridine rings is 1. The van der Waals surface area contributed by atoms with E-state index in [1.165, 1.54) is 6.07 Å². The van der Waals surface area contributed by atoms with Gasteiger partial charge < -0.3 is 9.73 Å². The summed E-state index contributed by atoms with van der Waals surface area (Å²) in [4.78, 5) is 25.5. The van der Waals surface area contributed by atoms with Crippen molar-refractivity contribution in [1.82, 2.24) is 19.9 Å². The van der Waals surface area contributed by atoms with Crippen LogP contribution in [0.2, 0.25) is 0 Å². The third kappa shape index (κ3) is 3.01. The van der Waals surface area contributed by atoms with E-state index in [0.29, 0.717) is 24.1 Å². The first-order chi connectivity index (χ1) is 12.2. The van der Waals surface area contributed by atoms with Gasteiger partial charge in [0.2, 0.25) is 5.95 Å². The highest BCUT2D eigenvalue weighted by atomic mass is 16.3. The van der Waals surface area contributed by atoms with Crippen molar-refractivity contribution < 1.29 is 4.42 Å². The fourth-order valence-electron chi connectivity index (χ4n) is 2.69. The summed E-state index contributed by atoms with van der Waals surface area (Å²) in [6.45, 7) is 2.16. The number of guanidine groups is 1. The van der Waals surface area contributed by atoms with E-state index in [9.17, 15) is 4.79 Å². The molecule has 3 aromatic rings. The predicted molar refractivity (Wildman–Crippen MR) is 92.2 cm³/mol. The minimum Gasteiger partial charge on any atom is -0.467 e. The number of aromatic nitrogens is 3. The van der Waals surface area contributed by atoms with E-state index in [1.54, 1.807) is 30.1 Å². The fraction of sp³-hybridized carbons (Fsp3) is 0.176. The van der Waals surface area contributed by atoms with Gasteiger partial charge in [-0.2, -0.15) is 0 Å². The second kappa shape index (κ2) is 6.23. The number of furan rings is 1. The van der Waals surface area contributed by atoms with E-state index in [1.807, 2.05) is 24.3 Å². The molecule has 126 valence electrons. The molecule has 3 aromatic heterocycles. The summed E-state index contributed by atoms with van der Waals surface area (Å²) in [6.07, 6.45) is 4.56. The molecule has 1 aliphatic heterocycles. The smallest absolute Gasteiger partial charge is 0.257 e. The number of hydrogen-bond acceptors (Lipinski definition) is 5. The van der Waals surface area contributed by atoms with Crippen LogP contribution in [-0.2, 0) is 6.54 Å². The maximum Gasteiger partial charge on any atom is 0.257 e. The topological polar surface area (TPSA) is 97.3 Å². The van der Waals surface area contributed by atoms with Crippen molar-refractivity contribution in [3.05, 3.63) is 76.4 Å². The zero-order chi connectivity index (χ0) is 17.2.